The number of carboxylic acids is 1. The summed E-state index contributed by atoms with van der Waals surface area (Å²) in [6.07, 6.45) is 1.80. The zero-order valence-corrected chi connectivity index (χ0v) is 16.8. The van der Waals surface area contributed by atoms with Gasteiger partial charge < -0.3 is 15.0 Å². The summed E-state index contributed by atoms with van der Waals surface area (Å²) < 4.78 is 0. The van der Waals surface area contributed by atoms with Crippen LogP contribution in [0.4, 0.5) is 5.69 Å². The van der Waals surface area contributed by atoms with Gasteiger partial charge in [-0.2, -0.15) is 0 Å². The van der Waals surface area contributed by atoms with Crippen LogP contribution < -0.4 is 4.90 Å². The van der Waals surface area contributed by atoms with Crippen LogP contribution >= 0.6 is 11.6 Å². The van der Waals surface area contributed by atoms with Crippen molar-refractivity contribution in [3.05, 3.63) is 64.3 Å². The largest absolute Gasteiger partial charge is 0.480 e. The number of aromatic nitrogens is 1. The van der Waals surface area contributed by atoms with Crippen molar-refractivity contribution in [3.63, 3.8) is 0 Å². The molecule has 1 fully saturated rings. The number of piperazine rings is 1. The molecule has 6 heteroatoms. The second kappa shape index (κ2) is 7.49. The number of aliphatic carboxylic acids is 1. The Kier molecular flexibility index (Phi) is 5.04. The Hall–Kier alpha value is -2.50. The van der Waals surface area contributed by atoms with Crippen molar-refractivity contribution in [1.29, 1.82) is 0 Å². The Morgan fingerprint density at radius 2 is 1.86 bits per heavy atom. The molecule has 5 nitrogen and oxygen atoms in total. The fraction of sp³-hybridized carbons (Fsp3) is 0.318. The topological polar surface area (TPSA) is 59.6 Å². The Labute approximate surface area is 169 Å². The van der Waals surface area contributed by atoms with Crippen molar-refractivity contribution in [2.24, 2.45) is 0 Å². The zero-order valence-electron chi connectivity index (χ0n) is 16.1. The SMILES string of the molecule is Cc1ccc(N2CCN([C@H](C(=O)O)c3c[nH]c4cc(Cl)ccc34)CC2)c(C)c1. The third-order valence-corrected chi connectivity index (χ3v) is 5.81. The van der Waals surface area contributed by atoms with Gasteiger partial charge in [0, 0.05) is 59.6 Å². The number of hydrogen-bond donors (Lipinski definition) is 2. The van der Waals surface area contributed by atoms with Crippen LogP contribution in [0.5, 0.6) is 0 Å². The smallest absolute Gasteiger partial charge is 0.325 e. The molecule has 146 valence electrons. The lowest BCUT2D eigenvalue weighted by Crippen LogP contribution is -2.49. The molecule has 0 spiro atoms. The molecule has 1 saturated heterocycles. The van der Waals surface area contributed by atoms with Crippen molar-refractivity contribution >= 4 is 34.2 Å². The number of benzene rings is 2. The van der Waals surface area contributed by atoms with Crippen molar-refractivity contribution in [2.45, 2.75) is 19.9 Å². The predicted molar refractivity (Wildman–Crippen MR) is 113 cm³/mol. The minimum atomic E-state index is -0.823. The maximum Gasteiger partial charge on any atom is 0.325 e. The van der Waals surface area contributed by atoms with Crippen LogP contribution in [0, 0.1) is 13.8 Å². The molecule has 2 N–H and O–H groups in total. The summed E-state index contributed by atoms with van der Waals surface area (Å²) in [6, 6.07) is 11.3. The molecule has 4 rings (SSSR count). The molecule has 1 aliphatic heterocycles. The first kappa shape index (κ1) is 18.8. The highest BCUT2D eigenvalue weighted by molar-refractivity contribution is 6.31. The van der Waals surface area contributed by atoms with Crippen LogP contribution in [0.2, 0.25) is 5.02 Å². The minimum absolute atomic E-state index is 0.634. The number of carboxylic acid groups (broad SMARTS) is 1. The number of carbonyl (C=O) groups is 1. The Balaban J connectivity index is 1.56. The van der Waals surface area contributed by atoms with Gasteiger partial charge in [-0.25, -0.2) is 0 Å². The van der Waals surface area contributed by atoms with E-state index >= 15 is 0 Å². The molecular weight excluding hydrogens is 374 g/mol. The monoisotopic (exact) mass is 397 g/mol. The fourth-order valence-corrected chi connectivity index (χ4v) is 4.39. The summed E-state index contributed by atoms with van der Waals surface area (Å²) in [4.78, 5) is 19.7. The summed E-state index contributed by atoms with van der Waals surface area (Å²) in [5.74, 6) is -0.823. The number of nitrogens with zero attached hydrogens (tertiary/aromatic N) is 2. The first-order valence-corrected chi connectivity index (χ1v) is 9.87. The second-order valence-electron chi connectivity index (χ2n) is 7.49. The molecule has 0 radical (unpaired) electrons. The van der Waals surface area contributed by atoms with Gasteiger partial charge in [-0.15, -0.1) is 0 Å². The van der Waals surface area contributed by atoms with Gasteiger partial charge in [0.25, 0.3) is 0 Å². The van der Waals surface area contributed by atoms with Crippen LogP contribution in [-0.4, -0.2) is 47.1 Å². The molecule has 28 heavy (non-hydrogen) atoms. The van der Waals surface area contributed by atoms with Crippen molar-refractivity contribution in [3.8, 4) is 0 Å². The van der Waals surface area contributed by atoms with E-state index in [1.165, 1.54) is 16.8 Å². The number of nitrogens with one attached hydrogen (secondary N) is 1. The molecule has 0 amide bonds. The van der Waals surface area contributed by atoms with Crippen molar-refractivity contribution in [1.82, 2.24) is 9.88 Å². The van der Waals surface area contributed by atoms with Crippen LogP contribution in [0.15, 0.2) is 42.6 Å². The molecule has 1 atom stereocenters. The van der Waals surface area contributed by atoms with E-state index in [1.807, 2.05) is 12.1 Å². The van der Waals surface area contributed by atoms with Gasteiger partial charge in [0.05, 0.1) is 0 Å². The molecule has 0 unspecified atom stereocenters. The number of anilines is 1. The van der Waals surface area contributed by atoms with Gasteiger partial charge in [0.1, 0.15) is 6.04 Å². The third-order valence-electron chi connectivity index (χ3n) is 5.58. The van der Waals surface area contributed by atoms with E-state index < -0.39 is 12.0 Å². The van der Waals surface area contributed by atoms with Gasteiger partial charge >= 0.3 is 5.97 Å². The first-order chi connectivity index (χ1) is 13.4. The highest BCUT2D eigenvalue weighted by atomic mass is 35.5. The summed E-state index contributed by atoms with van der Waals surface area (Å²) in [5.41, 5.74) is 5.41. The molecule has 0 aliphatic carbocycles. The second-order valence-corrected chi connectivity index (χ2v) is 7.92. The van der Waals surface area contributed by atoms with E-state index in [2.05, 4.69) is 46.8 Å². The summed E-state index contributed by atoms with van der Waals surface area (Å²) in [7, 11) is 0. The van der Waals surface area contributed by atoms with Crippen LogP contribution in [0.1, 0.15) is 22.7 Å². The number of fused-ring (bicyclic) bond motifs is 1. The molecule has 3 aromatic rings. The van der Waals surface area contributed by atoms with Gasteiger partial charge in [-0.05, 0) is 37.6 Å². The van der Waals surface area contributed by atoms with Gasteiger partial charge in [-0.3, -0.25) is 9.69 Å². The van der Waals surface area contributed by atoms with E-state index in [4.69, 9.17) is 11.6 Å². The van der Waals surface area contributed by atoms with Crippen molar-refractivity contribution in [2.75, 3.05) is 31.1 Å². The average molecular weight is 398 g/mol. The normalized spacial score (nSPS) is 16.5. The lowest BCUT2D eigenvalue weighted by atomic mass is 10.0. The molecule has 2 heterocycles. The number of rotatable bonds is 4. The van der Waals surface area contributed by atoms with Gasteiger partial charge in [-0.1, -0.05) is 35.4 Å². The lowest BCUT2D eigenvalue weighted by molar-refractivity contribution is -0.143. The highest BCUT2D eigenvalue weighted by Gasteiger charge is 2.32. The van der Waals surface area contributed by atoms with Crippen LogP contribution in [0.25, 0.3) is 10.9 Å². The number of hydrogen-bond acceptors (Lipinski definition) is 3. The quantitative estimate of drug-likeness (QED) is 0.685. The van der Waals surface area contributed by atoms with Gasteiger partial charge in [0.2, 0.25) is 0 Å². The molecule has 1 aliphatic rings. The zero-order chi connectivity index (χ0) is 19.8. The average Bonchev–Trinajstić information content (AvgIpc) is 3.05. The van der Waals surface area contributed by atoms with E-state index in [1.54, 1.807) is 12.3 Å². The highest BCUT2D eigenvalue weighted by Crippen LogP contribution is 2.32. The number of aryl methyl sites for hydroxylation is 2. The van der Waals surface area contributed by atoms with Gasteiger partial charge in [0.15, 0.2) is 0 Å². The Morgan fingerprint density at radius 3 is 2.54 bits per heavy atom. The maximum absolute atomic E-state index is 12.2. The van der Waals surface area contributed by atoms with E-state index in [0.717, 1.165) is 29.6 Å². The van der Waals surface area contributed by atoms with E-state index in [0.29, 0.717) is 18.1 Å². The first-order valence-electron chi connectivity index (χ1n) is 9.49. The molecule has 0 bridgehead atoms. The minimum Gasteiger partial charge on any atom is -0.480 e. The maximum atomic E-state index is 12.2. The predicted octanol–water partition coefficient (Wildman–Crippen LogP) is 4.39. The third kappa shape index (κ3) is 3.48. The molecular formula is C22H24ClN3O2. The van der Waals surface area contributed by atoms with Crippen molar-refractivity contribution < 1.29 is 9.90 Å². The number of aromatic amines is 1. The lowest BCUT2D eigenvalue weighted by Gasteiger charge is -2.39. The summed E-state index contributed by atoms with van der Waals surface area (Å²) in [5, 5.41) is 11.5. The van der Waals surface area contributed by atoms with Crippen LogP contribution in [-0.2, 0) is 4.79 Å². The van der Waals surface area contributed by atoms with E-state index in [9.17, 15) is 9.90 Å². The standard InChI is InChI=1S/C22H24ClN3O2/c1-14-3-6-20(15(2)11-14)25-7-9-26(10-8-25)21(22(27)28)18-13-24-19-12-16(23)4-5-17(18)19/h3-6,11-13,21,24H,7-10H2,1-2H3,(H,27,28)/t21-/m0/s1. The fourth-order valence-electron chi connectivity index (χ4n) is 4.21. The summed E-state index contributed by atoms with van der Waals surface area (Å²) >= 11 is 6.06. The molecule has 1 aromatic heterocycles. The van der Waals surface area contributed by atoms with E-state index in [-0.39, 0.29) is 0 Å². The molecule has 2 aromatic carbocycles. The number of halogens is 1. The number of H-pyrrole nitrogens is 1. The summed E-state index contributed by atoms with van der Waals surface area (Å²) in [6.45, 7) is 7.24. The molecule has 0 saturated carbocycles. The Bertz CT molecular complexity index is 1020. The van der Waals surface area contributed by atoms with Crippen LogP contribution in [0.3, 0.4) is 0 Å². The Morgan fingerprint density at radius 1 is 1.11 bits per heavy atom.